The first-order valence-electron chi connectivity index (χ1n) is 7.86. The Bertz CT molecular complexity index is 545. The summed E-state index contributed by atoms with van der Waals surface area (Å²) in [6, 6.07) is 8.25. The maximum absolute atomic E-state index is 12.1. The lowest BCUT2D eigenvalue weighted by atomic mass is 10.1. The fourth-order valence-electron chi connectivity index (χ4n) is 2.43. The molecule has 1 heterocycles. The highest BCUT2D eigenvalue weighted by molar-refractivity contribution is 8.00. The molecule has 0 aromatic heterocycles. The molecule has 1 aromatic carbocycles. The number of nitrogens with zero attached hydrogens (tertiary/aromatic N) is 2. The third-order valence-electron chi connectivity index (χ3n) is 3.79. The lowest BCUT2D eigenvalue weighted by Crippen LogP contribution is -2.35. The van der Waals surface area contributed by atoms with Crippen molar-refractivity contribution in [2.45, 2.75) is 18.7 Å². The van der Waals surface area contributed by atoms with Crippen molar-refractivity contribution in [3.63, 3.8) is 0 Å². The Labute approximate surface area is 142 Å². The fraction of sp³-hybridized carbons (Fsp3) is 0.529. The molecule has 0 saturated carbocycles. The lowest BCUT2D eigenvalue weighted by molar-refractivity contribution is -0.129. The third-order valence-corrected chi connectivity index (χ3v) is 5.05. The summed E-state index contributed by atoms with van der Waals surface area (Å²) in [7, 11) is 3.94. The van der Waals surface area contributed by atoms with Crippen LogP contribution < -0.4 is 5.32 Å². The summed E-state index contributed by atoms with van der Waals surface area (Å²) in [5.74, 6) is 0.599. The minimum absolute atomic E-state index is 0.000735. The molecular weight excluding hydrogens is 310 g/mol. The van der Waals surface area contributed by atoms with Crippen molar-refractivity contribution in [3.8, 4) is 0 Å². The zero-order valence-electron chi connectivity index (χ0n) is 14.0. The molecule has 0 radical (unpaired) electrons. The molecule has 1 aliphatic heterocycles. The number of likely N-dealkylation sites (N-methyl/N-ethyl adjacent to an activating group) is 1. The van der Waals surface area contributed by atoms with Gasteiger partial charge in [0.2, 0.25) is 11.8 Å². The van der Waals surface area contributed by atoms with Gasteiger partial charge in [-0.25, -0.2) is 0 Å². The zero-order chi connectivity index (χ0) is 16.8. The van der Waals surface area contributed by atoms with Gasteiger partial charge in [0.05, 0.1) is 5.75 Å². The maximum atomic E-state index is 12.1. The second-order valence-corrected chi connectivity index (χ2v) is 7.13. The lowest BCUT2D eigenvalue weighted by Gasteiger charge is -2.24. The highest BCUT2D eigenvalue weighted by Crippen LogP contribution is 2.38. The standard InChI is InChI=1S/C17H25N3O2S/c1-13-4-6-14(7-5-13)17-20(16(22)12-23-17)10-8-15(21)18-9-11-19(2)3/h4-7,17H,8-12H2,1-3H3,(H,18,21)/t17-/m1/s1. The first-order valence-corrected chi connectivity index (χ1v) is 8.91. The molecule has 126 valence electrons. The van der Waals surface area contributed by atoms with Gasteiger partial charge in [-0.3, -0.25) is 9.59 Å². The van der Waals surface area contributed by atoms with Crippen molar-refractivity contribution in [1.82, 2.24) is 15.1 Å². The van der Waals surface area contributed by atoms with Gasteiger partial charge in [-0.1, -0.05) is 29.8 Å². The van der Waals surface area contributed by atoms with Crippen LogP contribution in [0, 0.1) is 6.92 Å². The molecule has 1 N–H and O–H groups in total. The molecule has 23 heavy (non-hydrogen) atoms. The molecule has 0 spiro atoms. The van der Waals surface area contributed by atoms with Gasteiger partial charge in [0, 0.05) is 26.1 Å². The van der Waals surface area contributed by atoms with E-state index in [-0.39, 0.29) is 17.2 Å². The average Bonchev–Trinajstić information content (AvgIpc) is 2.86. The van der Waals surface area contributed by atoms with E-state index in [1.807, 2.05) is 30.8 Å². The number of carbonyl (C=O) groups is 2. The van der Waals surface area contributed by atoms with Gasteiger partial charge in [0.25, 0.3) is 0 Å². The second kappa shape index (κ2) is 8.36. The highest BCUT2D eigenvalue weighted by atomic mass is 32.2. The Hall–Kier alpha value is -1.53. The summed E-state index contributed by atoms with van der Waals surface area (Å²) in [5, 5.41) is 2.92. The topological polar surface area (TPSA) is 52.7 Å². The average molecular weight is 335 g/mol. The van der Waals surface area contributed by atoms with E-state index >= 15 is 0 Å². The van der Waals surface area contributed by atoms with Crippen LogP contribution in [0.2, 0.25) is 0 Å². The van der Waals surface area contributed by atoms with Gasteiger partial charge in [0.15, 0.2) is 0 Å². The van der Waals surface area contributed by atoms with Crippen LogP contribution >= 0.6 is 11.8 Å². The van der Waals surface area contributed by atoms with Gasteiger partial charge in [-0.2, -0.15) is 0 Å². The number of carbonyl (C=O) groups excluding carboxylic acids is 2. The summed E-state index contributed by atoms with van der Waals surface area (Å²) in [6.45, 7) is 3.97. The smallest absolute Gasteiger partial charge is 0.233 e. The number of amides is 2. The Balaban J connectivity index is 1.87. The summed E-state index contributed by atoms with van der Waals surface area (Å²) in [5.41, 5.74) is 2.33. The van der Waals surface area contributed by atoms with Crippen LogP contribution in [0.5, 0.6) is 0 Å². The molecule has 2 amide bonds. The summed E-state index contributed by atoms with van der Waals surface area (Å²) < 4.78 is 0. The van der Waals surface area contributed by atoms with Crippen molar-refractivity contribution >= 4 is 23.6 Å². The zero-order valence-corrected chi connectivity index (χ0v) is 14.9. The molecular formula is C17H25N3O2S. The number of nitrogens with one attached hydrogen (secondary N) is 1. The quantitative estimate of drug-likeness (QED) is 0.823. The van der Waals surface area contributed by atoms with Crippen LogP contribution in [0.25, 0.3) is 0 Å². The van der Waals surface area contributed by atoms with E-state index in [0.717, 1.165) is 12.1 Å². The molecule has 1 aliphatic rings. The van der Waals surface area contributed by atoms with E-state index in [0.29, 0.717) is 25.3 Å². The number of aryl methyl sites for hydroxylation is 1. The van der Waals surface area contributed by atoms with Crippen LogP contribution in [0.1, 0.15) is 22.9 Å². The van der Waals surface area contributed by atoms with Crippen LogP contribution in [-0.4, -0.2) is 61.1 Å². The number of hydrogen-bond donors (Lipinski definition) is 1. The summed E-state index contributed by atoms with van der Waals surface area (Å²) in [4.78, 5) is 27.9. The molecule has 1 fully saturated rings. The van der Waals surface area contributed by atoms with Crippen molar-refractivity contribution in [1.29, 1.82) is 0 Å². The van der Waals surface area contributed by atoms with Crippen LogP contribution in [-0.2, 0) is 9.59 Å². The van der Waals surface area contributed by atoms with Gasteiger partial charge in [-0.05, 0) is 26.6 Å². The molecule has 0 unspecified atom stereocenters. The maximum Gasteiger partial charge on any atom is 0.233 e. The van der Waals surface area contributed by atoms with E-state index < -0.39 is 0 Å². The van der Waals surface area contributed by atoms with Crippen LogP contribution in [0.3, 0.4) is 0 Å². The molecule has 0 bridgehead atoms. The van der Waals surface area contributed by atoms with Crippen LogP contribution in [0.4, 0.5) is 0 Å². The van der Waals surface area contributed by atoms with Gasteiger partial charge < -0.3 is 15.1 Å². The second-order valence-electron chi connectivity index (χ2n) is 6.06. The van der Waals surface area contributed by atoms with Gasteiger partial charge >= 0.3 is 0 Å². The highest BCUT2D eigenvalue weighted by Gasteiger charge is 2.32. The Morgan fingerprint density at radius 3 is 2.70 bits per heavy atom. The number of thioether (sulfide) groups is 1. The SMILES string of the molecule is Cc1ccc([C@H]2SCC(=O)N2CCC(=O)NCCN(C)C)cc1. The van der Waals surface area contributed by atoms with Gasteiger partial charge in [0.1, 0.15) is 5.37 Å². The van der Waals surface area contributed by atoms with Crippen molar-refractivity contribution in [2.24, 2.45) is 0 Å². The molecule has 5 nitrogen and oxygen atoms in total. The monoisotopic (exact) mass is 335 g/mol. The molecule has 1 atom stereocenters. The van der Waals surface area contributed by atoms with E-state index in [4.69, 9.17) is 0 Å². The Morgan fingerprint density at radius 1 is 1.35 bits per heavy atom. The third kappa shape index (κ3) is 5.25. The fourth-order valence-corrected chi connectivity index (χ4v) is 3.65. The minimum atomic E-state index is -0.000735. The minimum Gasteiger partial charge on any atom is -0.355 e. The van der Waals surface area contributed by atoms with E-state index in [9.17, 15) is 9.59 Å². The van der Waals surface area contributed by atoms with Crippen molar-refractivity contribution in [3.05, 3.63) is 35.4 Å². The molecule has 6 heteroatoms. The van der Waals surface area contributed by atoms with Crippen LogP contribution in [0.15, 0.2) is 24.3 Å². The van der Waals surface area contributed by atoms with E-state index in [2.05, 4.69) is 29.6 Å². The molecule has 1 aromatic rings. The normalized spacial score (nSPS) is 17.8. The van der Waals surface area contributed by atoms with E-state index in [1.54, 1.807) is 11.8 Å². The molecule has 0 aliphatic carbocycles. The number of benzene rings is 1. The van der Waals surface area contributed by atoms with Gasteiger partial charge in [-0.15, -0.1) is 11.8 Å². The number of hydrogen-bond acceptors (Lipinski definition) is 4. The van der Waals surface area contributed by atoms with E-state index in [1.165, 1.54) is 5.56 Å². The molecule has 2 rings (SSSR count). The predicted octanol–water partition coefficient (Wildman–Crippen LogP) is 1.64. The summed E-state index contributed by atoms with van der Waals surface area (Å²) >= 11 is 1.63. The van der Waals surface area contributed by atoms with Crippen molar-refractivity contribution in [2.75, 3.05) is 39.5 Å². The van der Waals surface area contributed by atoms with Crippen molar-refractivity contribution < 1.29 is 9.59 Å². The predicted molar refractivity (Wildman–Crippen MR) is 94.3 cm³/mol. The summed E-state index contributed by atoms with van der Waals surface area (Å²) in [6.07, 6.45) is 0.349. The first-order chi connectivity index (χ1) is 11.0. The first kappa shape index (κ1) is 17.8. The largest absolute Gasteiger partial charge is 0.355 e. The Morgan fingerprint density at radius 2 is 2.04 bits per heavy atom. The number of rotatable bonds is 7. The molecule has 1 saturated heterocycles. The Kier molecular flexibility index (Phi) is 6.47.